The van der Waals surface area contributed by atoms with Crippen LogP contribution < -0.4 is 0 Å². The number of phenols is 2. The first-order valence-electron chi connectivity index (χ1n) is 6.68. The number of benzene rings is 3. The predicted octanol–water partition coefficient (Wildman–Crippen LogP) is 5.63. The summed E-state index contributed by atoms with van der Waals surface area (Å²) in [6.07, 6.45) is 0. The van der Waals surface area contributed by atoms with Gasteiger partial charge in [0.25, 0.3) is 0 Å². The van der Waals surface area contributed by atoms with Crippen LogP contribution >= 0.6 is 11.6 Å². The minimum atomic E-state index is -0.129. The number of hydrogen-bond donors (Lipinski definition) is 2. The first kappa shape index (κ1) is 14.4. The molecule has 4 nitrogen and oxygen atoms in total. The van der Waals surface area contributed by atoms with E-state index in [4.69, 9.17) is 11.6 Å². The van der Waals surface area contributed by atoms with Crippen molar-refractivity contribution in [1.82, 2.24) is 0 Å². The number of fused-ring (bicyclic) bond motifs is 1. The van der Waals surface area contributed by atoms with E-state index in [1.807, 2.05) is 37.3 Å². The first-order valence-corrected chi connectivity index (χ1v) is 7.05. The summed E-state index contributed by atoms with van der Waals surface area (Å²) < 4.78 is 0. The number of halogens is 1. The van der Waals surface area contributed by atoms with E-state index >= 15 is 0 Å². The highest BCUT2D eigenvalue weighted by Crippen LogP contribution is 2.39. The fraction of sp³-hybridized carbons (Fsp3) is 0.0588. The number of azo groups is 1. The lowest BCUT2D eigenvalue weighted by Gasteiger charge is -2.05. The van der Waals surface area contributed by atoms with Crippen molar-refractivity contribution in [3.8, 4) is 11.5 Å². The monoisotopic (exact) mass is 312 g/mol. The van der Waals surface area contributed by atoms with E-state index in [9.17, 15) is 10.2 Å². The van der Waals surface area contributed by atoms with E-state index in [0.717, 1.165) is 16.3 Å². The summed E-state index contributed by atoms with van der Waals surface area (Å²) >= 11 is 5.93. The highest BCUT2D eigenvalue weighted by molar-refractivity contribution is 6.32. The second-order valence-electron chi connectivity index (χ2n) is 4.97. The summed E-state index contributed by atoms with van der Waals surface area (Å²) in [4.78, 5) is 0. The number of nitrogens with zero attached hydrogens (tertiary/aromatic N) is 2. The Hall–Kier alpha value is -2.59. The summed E-state index contributed by atoms with van der Waals surface area (Å²) in [6.45, 7) is 1.85. The standard InChI is InChI=1S/C17H13ClN2O2/c1-10-8-13(18)17(22)14(9-10)19-20-16-12-5-3-2-4-11(12)6-7-15(16)21/h2-9,21-22H,1H3/b20-19+. The Kier molecular flexibility index (Phi) is 3.69. The van der Waals surface area contributed by atoms with Gasteiger partial charge in [0.15, 0.2) is 5.75 Å². The molecule has 0 aromatic heterocycles. The number of aromatic hydroxyl groups is 2. The number of rotatable bonds is 2. The lowest BCUT2D eigenvalue weighted by atomic mass is 10.1. The van der Waals surface area contributed by atoms with Crippen molar-refractivity contribution in [2.24, 2.45) is 10.2 Å². The minimum absolute atomic E-state index is 0.0284. The van der Waals surface area contributed by atoms with Gasteiger partial charge in [-0.3, -0.25) is 0 Å². The Morgan fingerprint density at radius 3 is 2.55 bits per heavy atom. The van der Waals surface area contributed by atoms with Gasteiger partial charge in [0, 0.05) is 5.39 Å². The molecule has 2 N–H and O–H groups in total. The van der Waals surface area contributed by atoms with Crippen molar-refractivity contribution in [2.45, 2.75) is 6.92 Å². The van der Waals surface area contributed by atoms with Crippen LogP contribution in [0.15, 0.2) is 58.8 Å². The van der Waals surface area contributed by atoms with Crippen LogP contribution in [0.5, 0.6) is 11.5 Å². The molecule has 0 aliphatic rings. The lowest BCUT2D eigenvalue weighted by Crippen LogP contribution is -1.77. The van der Waals surface area contributed by atoms with Crippen molar-refractivity contribution in [2.75, 3.05) is 0 Å². The van der Waals surface area contributed by atoms with Crippen molar-refractivity contribution in [3.63, 3.8) is 0 Å². The van der Waals surface area contributed by atoms with Gasteiger partial charge in [-0.1, -0.05) is 41.9 Å². The van der Waals surface area contributed by atoms with Crippen LogP contribution in [0.25, 0.3) is 10.8 Å². The Balaban J connectivity index is 2.12. The second-order valence-corrected chi connectivity index (χ2v) is 5.38. The van der Waals surface area contributed by atoms with E-state index in [1.165, 1.54) is 0 Å². The van der Waals surface area contributed by atoms with Crippen molar-refractivity contribution >= 4 is 33.7 Å². The fourth-order valence-electron chi connectivity index (χ4n) is 2.25. The predicted molar refractivity (Wildman–Crippen MR) is 87.6 cm³/mol. The molecule has 5 heteroatoms. The van der Waals surface area contributed by atoms with E-state index in [2.05, 4.69) is 10.2 Å². The van der Waals surface area contributed by atoms with Crippen molar-refractivity contribution in [1.29, 1.82) is 0 Å². The molecular weight excluding hydrogens is 300 g/mol. The maximum absolute atomic E-state index is 10.0. The SMILES string of the molecule is Cc1cc(Cl)c(O)c(/N=N/c2c(O)ccc3ccccc23)c1. The van der Waals surface area contributed by atoms with Crippen molar-refractivity contribution < 1.29 is 10.2 Å². The molecule has 0 aliphatic carbocycles. The quantitative estimate of drug-likeness (QED) is 0.602. The third-order valence-corrected chi connectivity index (χ3v) is 3.61. The van der Waals surface area contributed by atoms with Crippen LogP contribution in [-0.4, -0.2) is 10.2 Å². The Morgan fingerprint density at radius 1 is 0.955 bits per heavy atom. The van der Waals surface area contributed by atoms with Gasteiger partial charge >= 0.3 is 0 Å². The Labute approximate surface area is 132 Å². The second kappa shape index (κ2) is 5.66. The van der Waals surface area contributed by atoms with Gasteiger partial charge in [0.2, 0.25) is 0 Å². The summed E-state index contributed by atoms with van der Waals surface area (Å²) in [6, 6.07) is 14.2. The van der Waals surface area contributed by atoms with Crippen LogP contribution in [-0.2, 0) is 0 Å². The Bertz CT molecular complexity index is 891. The van der Waals surface area contributed by atoms with Crippen LogP contribution in [0.4, 0.5) is 11.4 Å². The molecule has 3 aromatic carbocycles. The zero-order valence-corrected chi connectivity index (χ0v) is 12.5. The molecule has 22 heavy (non-hydrogen) atoms. The first-order chi connectivity index (χ1) is 10.6. The minimum Gasteiger partial charge on any atom is -0.506 e. The third-order valence-electron chi connectivity index (χ3n) is 3.32. The molecular formula is C17H13ClN2O2. The molecule has 0 spiro atoms. The van der Waals surface area contributed by atoms with E-state index in [0.29, 0.717) is 5.69 Å². The van der Waals surface area contributed by atoms with Crippen LogP contribution in [0.3, 0.4) is 0 Å². The molecule has 0 saturated carbocycles. The van der Waals surface area contributed by atoms with E-state index in [1.54, 1.807) is 18.2 Å². The van der Waals surface area contributed by atoms with Gasteiger partial charge in [0.1, 0.15) is 17.1 Å². The number of aryl methyl sites for hydroxylation is 1. The molecule has 0 atom stereocenters. The average molecular weight is 313 g/mol. The fourth-order valence-corrected chi connectivity index (χ4v) is 2.51. The summed E-state index contributed by atoms with van der Waals surface area (Å²) in [5.41, 5.74) is 1.48. The maximum atomic E-state index is 10.0. The lowest BCUT2D eigenvalue weighted by molar-refractivity contribution is 0.474. The molecule has 0 fully saturated rings. The van der Waals surface area contributed by atoms with Crippen LogP contribution in [0.2, 0.25) is 5.02 Å². The molecule has 0 amide bonds. The molecule has 0 unspecified atom stereocenters. The van der Waals surface area contributed by atoms with Gasteiger partial charge in [-0.25, -0.2) is 0 Å². The normalized spacial score (nSPS) is 11.4. The van der Waals surface area contributed by atoms with Gasteiger partial charge in [-0.2, -0.15) is 0 Å². The summed E-state index contributed by atoms with van der Waals surface area (Å²) in [5, 5.41) is 30.0. The van der Waals surface area contributed by atoms with Crippen molar-refractivity contribution in [3.05, 3.63) is 59.1 Å². The summed E-state index contributed by atoms with van der Waals surface area (Å²) in [7, 11) is 0. The average Bonchev–Trinajstić information content (AvgIpc) is 2.50. The topological polar surface area (TPSA) is 65.2 Å². The Morgan fingerprint density at radius 2 is 1.73 bits per heavy atom. The van der Waals surface area contributed by atoms with Gasteiger partial charge in [-0.05, 0) is 36.1 Å². The molecule has 110 valence electrons. The number of hydrogen-bond acceptors (Lipinski definition) is 4. The van der Waals surface area contributed by atoms with Crippen LogP contribution in [0.1, 0.15) is 5.56 Å². The molecule has 0 radical (unpaired) electrons. The molecule has 0 saturated heterocycles. The van der Waals surface area contributed by atoms with Gasteiger partial charge < -0.3 is 10.2 Å². The molecule has 3 rings (SSSR count). The zero-order chi connectivity index (χ0) is 15.7. The molecule has 0 heterocycles. The molecule has 0 bridgehead atoms. The largest absolute Gasteiger partial charge is 0.506 e. The third kappa shape index (κ3) is 2.61. The van der Waals surface area contributed by atoms with E-state index < -0.39 is 0 Å². The summed E-state index contributed by atoms with van der Waals surface area (Å²) in [5.74, 6) is -0.101. The molecule has 3 aromatic rings. The van der Waals surface area contributed by atoms with Gasteiger partial charge in [-0.15, -0.1) is 10.2 Å². The van der Waals surface area contributed by atoms with Crippen LogP contribution in [0, 0.1) is 6.92 Å². The molecule has 0 aliphatic heterocycles. The van der Waals surface area contributed by atoms with Gasteiger partial charge in [0.05, 0.1) is 5.02 Å². The number of phenolic OH excluding ortho intramolecular Hbond substituents is 2. The van der Waals surface area contributed by atoms with E-state index in [-0.39, 0.29) is 22.2 Å². The highest BCUT2D eigenvalue weighted by Gasteiger charge is 2.09. The highest BCUT2D eigenvalue weighted by atomic mass is 35.5. The zero-order valence-electron chi connectivity index (χ0n) is 11.8. The smallest absolute Gasteiger partial charge is 0.161 e. The maximum Gasteiger partial charge on any atom is 0.161 e.